The summed E-state index contributed by atoms with van der Waals surface area (Å²) in [5, 5.41) is 2.63. The molecule has 0 radical (unpaired) electrons. The van der Waals surface area contributed by atoms with Gasteiger partial charge in [0.15, 0.2) is 0 Å². The Bertz CT molecular complexity index is 554. The summed E-state index contributed by atoms with van der Waals surface area (Å²) in [6.07, 6.45) is -1.93. The van der Waals surface area contributed by atoms with E-state index in [9.17, 15) is 0 Å². The van der Waals surface area contributed by atoms with Crippen LogP contribution in [0.1, 0.15) is 18.8 Å². The van der Waals surface area contributed by atoms with Crippen LogP contribution in [-0.4, -0.2) is 20.2 Å². The molecule has 1 aromatic rings. The number of hydrogen-bond acceptors (Lipinski definition) is 2. The van der Waals surface area contributed by atoms with Gasteiger partial charge in [0.2, 0.25) is 0 Å². The van der Waals surface area contributed by atoms with Crippen molar-refractivity contribution in [3.8, 4) is 5.75 Å². The first-order chi connectivity index (χ1) is 8.76. The van der Waals surface area contributed by atoms with Gasteiger partial charge in [-0.15, -0.1) is 12.4 Å². The molecule has 1 aromatic carbocycles. The van der Waals surface area contributed by atoms with Crippen LogP contribution in [0.5, 0.6) is 5.75 Å². The third-order valence-electron chi connectivity index (χ3n) is 2.84. The molecule has 1 aliphatic carbocycles. The van der Waals surface area contributed by atoms with Gasteiger partial charge in [-0.2, -0.15) is 0 Å². The molecule has 1 heterocycles. The molecule has 3 heteroatoms. The number of ether oxygens (including phenoxy) is 1. The molecule has 2 aliphatic rings. The smallest absolute Gasteiger partial charge is 0.122 e. The molecule has 2 unspecified atom stereocenters. The standard InChI is InChI=1S/C12H15NO.ClH/c1-14-11-5-3-2-4-10(11)12-6-9(12)7-13-8-12;/h2-5,9,13H,6-8H2,1H3;1H/i6D2,7D2,9D;. The monoisotopic (exact) mass is 230 g/mol. The zero-order valence-corrected chi connectivity index (χ0v) is 9.15. The molecule has 2 atom stereocenters. The van der Waals surface area contributed by atoms with Crippen LogP contribution in [0.25, 0.3) is 0 Å². The van der Waals surface area contributed by atoms with Gasteiger partial charge in [-0.25, -0.2) is 0 Å². The van der Waals surface area contributed by atoms with Crippen molar-refractivity contribution in [3.63, 3.8) is 0 Å². The van der Waals surface area contributed by atoms with Crippen molar-refractivity contribution < 1.29 is 11.6 Å². The zero-order valence-electron chi connectivity index (χ0n) is 13.3. The second kappa shape index (κ2) is 3.69. The molecule has 3 rings (SSSR count). The number of nitrogens with one attached hydrogen (secondary N) is 1. The summed E-state index contributed by atoms with van der Waals surface area (Å²) in [4.78, 5) is 0. The molecule has 0 amide bonds. The first-order valence-electron chi connectivity index (χ1n) is 7.15. The van der Waals surface area contributed by atoms with Crippen LogP contribution in [0.3, 0.4) is 0 Å². The van der Waals surface area contributed by atoms with Gasteiger partial charge >= 0.3 is 0 Å². The fourth-order valence-electron chi connectivity index (χ4n) is 2.01. The molecular formula is C12H16ClNO. The van der Waals surface area contributed by atoms with Gasteiger partial charge in [0.05, 0.1) is 7.11 Å². The van der Waals surface area contributed by atoms with E-state index in [2.05, 4.69) is 5.32 Å². The van der Waals surface area contributed by atoms with Crippen molar-refractivity contribution in [1.29, 1.82) is 0 Å². The van der Waals surface area contributed by atoms with Crippen LogP contribution in [0, 0.1) is 5.89 Å². The average Bonchev–Trinajstić information content (AvgIpc) is 2.64. The van der Waals surface area contributed by atoms with Gasteiger partial charge in [0.25, 0.3) is 0 Å². The average molecular weight is 231 g/mol. The van der Waals surface area contributed by atoms with Gasteiger partial charge in [-0.1, -0.05) is 18.2 Å². The number of methoxy groups -OCH3 is 1. The molecule has 1 saturated heterocycles. The van der Waals surface area contributed by atoms with Gasteiger partial charge < -0.3 is 10.1 Å². The van der Waals surface area contributed by atoms with Crippen LogP contribution >= 0.6 is 12.4 Å². The number of piperidine rings is 1. The third-order valence-corrected chi connectivity index (χ3v) is 2.84. The number of hydrogen-bond donors (Lipinski definition) is 1. The predicted molar refractivity (Wildman–Crippen MR) is 62.9 cm³/mol. The van der Waals surface area contributed by atoms with E-state index >= 15 is 0 Å². The minimum atomic E-state index is -2.06. The molecule has 1 aliphatic heterocycles. The highest BCUT2D eigenvalue weighted by Gasteiger charge is 2.59. The Balaban J connectivity index is 0.00000147. The second-order valence-corrected chi connectivity index (χ2v) is 3.58. The Morgan fingerprint density at radius 1 is 1.60 bits per heavy atom. The second-order valence-electron chi connectivity index (χ2n) is 3.58. The summed E-state index contributed by atoms with van der Waals surface area (Å²) in [6.45, 7) is -1.96. The molecule has 2 nitrogen and oxygen atoms in total. The van der Waals surface area contributed by atoms with Gasteiger partial charge in [-0.3, -0.25) is 0 Å². The Kier molecular flexibility index (Phi) is 1.50. The van der Waals surface area contributed by atoms with Gasteiger partial charge in [-0.05, 0) is 24.8 Å². The lowest BCUT2D eigenvalue weighted by Crippen LogP contribution is -2.19. The summed E-state index contributed by atoms with van der Waals surface area (Å²) in [6, 6.07) is 6.97. The van der Waals surface area contributed by atoms with E-state index in [1.165, 1.54) is 7.11 Å². The molecule has 1 saturated carbocycles. The normalized spacial score (nSPS) is 48.2. The van der Waals surface area contributed by atoms with Crippen LogP contribution in [-0.2, 0) is 5.41 Å². The molecule has 0 spiro atoms. The van der Waals surface area contributed by atoms with Crippen molar-refractivity contribution in [3.05, 3.63) is 29.8 Å². The fourth-order valence-corrected chi connectivity index (χ4v) is 2.01. The maximum Gasteiger partial charge on any atom is 0.122 e. The Morgan fingerprint density at radius 3 is 3.07 bits per heavy atom. The summed E-state index contributed by atoms with van der Waals surface area (Å²) in [5.74, 6) is -1.33. The van der Waals surface area contributed by atoms with E-state index in [0.717, 1.165) is 0 Å². The summed E-state index contributed by atoms with van der Waals surface area (Å²) >= 11 is 0. The van der Waals surface area contributed by atoms with Gasteiger partial charge in [0.1, 0.15) is 5.75 Å². The molecule has 2 fully saturated rings. The van der Waals surface area contributed by atoms with Crippen molar-refractivity contribution in [2.45, 2.75) is 11.8 Å². The highest BCUT2D eigenvalue weighted by atomic mass is 35.5. The molecule has 0 bridgehead atoms. The van der Waals surface area contributed by atoms with Crippen molar-refractivity contribution >= 4 is 12.4 Å². The van der Waals surface area contributed by atoms with Crippen LogP contribution < -0.4 is 10.1 Å². The predicted octanol–water partition coefficient (Wildman–Crippen LogP) is 1.98. The number of fused-ring (bicyclic) bond motifs is 1. The Hall–Kier alpha value is -0.730. The SMILES string of the molecule is Cl.[2H]C1([2H])NCC2(c3ccccc3OC)C([2H])([2H])C12[2H]. The van der Waals surface area contributed by atoms with Crippen LogP contribution in [0.15, 0.2) is 24.3 Å². The number of rotatable bonds is 2. The lowest BCUT2D eigenvalue weighted by atomic mass is 9.94. The van der Waals surface area contributed by atoms with E-state index in [0.29, 0.717) is 11.3 Å². The summed E-state index contributed by atoms with van der Waals surface area (Å²) in [7, 11) is 1.50. The fraction of sp³-hybridized carbons (Fsp3) is 0.500. The third kappa shape index (κ3) is 1.44. The Labute approximate surface area is 103 Å². The van der Waals surface area contributed by atoms with Crippen LogP contribution in [0.2, 0.25) is 0 Å². The highest BCUT2D eigenvalue weighted by Crippen LogP contribution is 2.58. The zero-order chi connectivity index (χ0) is 14.1. The molecule has 82 valence electrons. The van der Waals surface area contributed by atoms with Crippen molar-refractivity contribution in [2.24, 2.45) is 5.89 Å². The van der Waals surface area contributed by atoms with Crippen molar-refractivity contribution in [1.82, 2.24) is 5.32 Å². The number of para-hydroxylation sites is 1. The van der Waals surface area contributed by atoms with Crippen LogP contribution in [0.4, 0.5) is 0 Å². The Morgan fingerprint density at radius 2 is 2.40 bits per heavy atom. The number of halogens is 1. The minimum Gasteiger partial charge on any atom is -0.496 e. The lowest BCUT2D eigenvalue weighted by molar-refractivity contribution is 0.404. The van der Waals surface area contributed by atoms with E-state index in [-0.39, 0.29) is 19.0 Å². The maximum absolute atomic E-state index is 8.35. The van der Waals surface area contributed by atoms with E-state index < -0.39 is 24.2 Å². The minimum absolute atomic E-state index is 0. The van der Waals surface area contributed by atoms with Crippen molar-refractivity contribution in [2.75, 3.05) is 20.2 Å². The quantitative estimate of drug-likeness (QED) is 0.839. The molecule has 1 N–H and O–H groups in total. The van der Waals surface area contributed by atoms with E-state index in [4.69, 9.17) is 11.6 Å². The lowest BCUT2D eigenvalue weighted by Gasteiger charge is -2.15. The first-order valence-corrected chi connectivity index (χ1v) is 4.65. The van der Waals surface area contributed by atoms with E-state index in [1.54, 1.807) is 24.3 Å². The summed E-state index contributed by atoms with van der Waals surface area (Å²) < 4.78 is 45.6. The van der Waals surface area contributed by atoms with Gasteiger partial charge in [0, 0.05) is 24.4 Å². The molecule has 0 aromatic heterocycles. The molecule has 15 heavy (non-hydrogen) atoms. The first kappa shape index (κ1) is 6.12. The highest BCUT2D eigenvalue weighted by molar-refractivity contribution is 5.85. The largest absolute Gasteiger partial charge is 0.496 e. The maximum atomic E-state index is 8.35. The topological polar surface area (TPSA) is 21.3 Å². The summed E-state index contributed by atoms with van der Waals surface area (Å²) in [5.41, 5.74) is -0.637. The number of benzene rings is 1. The molecular weight excluding hydrogens is 210 g/mol. The van der Waals surface area contributed by atoms with E-state index in [1.807, 2.05) is 0 Å².